The molecular weight excluding hydrogens is 359 g/mol. The Kier molecular flexibility index (Phi) is 6.36. The second kappa shape index (κ2) is 9.32. The molecule has 0 unspecified atom stereocenters. The van der Waals surface area contributed by atoms with E-state index in [2.05, 4.69) is 10.9 Å². The molecule has 6 heteroatoms. The zero-order valence-electron chi connectivity index (χ0n) is 15.0. The van der Waals surface area contributed by atoms with E-state index in [0.29, 0.717) is 0 Å². The van der Waals surface area contributed by atoms with Crippen LogP contribution in [0.5, 0.6) is 5.75 Å². The van der Waals surface area contributed by atoms with Crippen molar-refractivity contribution in [1.82, 2.24) is 10.9 Å². The molecule has 28 heavy (non-hydrogen) atoms. The van der Waals surface area contributed by atoms with Crippen molar-refractivity contribution >= 4 is 11.8 Å². The first-order valence-electron chi connectivity index (χ1n) is 8.71. The monoisotopic (exact) mass is 378 g/mol. The maximum absolute atomic E-state index is 13.4. The van der Waals surface area contributed by atoms with Gasteiger partial charge in [0.2, 0.25) is 5.91 Å². The van der Waals surface area contributed by atoms with Crippen LogP contribution in [-0.2, 0) is 16.0 Å². The van der Waals surface area contributed by atoms with Gasteiger partial charge in [-0.2, -0.15) is 0 Å². The van der Waals surface area contributed by atoms with Gasteiger partial charge in [-0.1, -0.05) is 66.7 Å². The standard InChI is InChI=1S/C22H19FN2O3/c23-19-8-4-5-9-20(19)28-15-22(27)25-24-21(26)14-16-10-12-18(13-11-16)17-6-2-1-3-7-17/h1-13H,14-15H2,(H,24,26)(H,25,27). The maximum atomic E-state index is 13.4. The van der Waals surface area contributed by atoms with Crippen molar-refractivity contribution in [1.29, 1.82) is 0 Å². The maximum Gasteiger partial charge on any atom is 0.276 e. The highest BCUT2D eigenvalue weighted by Crippen LogP contribution is 2.19. The molecular formula is C22H19FN2O3. The summed E-state index contributed by atoms with van der Waals surface area (Å²) in [6, 6.07) is 23.3. The first kappa shape index (κ1) is 19.1. The Morgan fingerprint density at radius 2 is 1.36 bits per heavy atom. The zero-order chi connectivity index (χ0) is 19.8. The SMILES string of the molecule is O=C(COc1ccccc1F)NNC(=O)Cc1ccc(-c2ccccc2)cc1. The van der Waals surface area contributed by atoms with Gasteiger partial charge in [0.1, 0.15) is 0 Å². The number of carbonyl (C=O) groups is 2. The predicted molar refractivity (Wildman–Crippen MR) is 104 cm³/mol. The number of amides is 2. The Hall–Kier alpha value is -3.67. The smallest absolute Gasteiger partial charge is 0.276 e. The first-order chi connectivity index (χ1) is 13.6. The van der Waals surface area contributed by atoms with E-state index in [-0.39, 0.29) is 18.1 Å². The number of benzene rings is 3. The molecule has 5 nitrogen and oxygen atoms in total. The highest BCUT2D eigenvalue weighted by atomic mass is 19.1. The summed E-state index contributed by atoms with van der Waals surface area (Å²) in [4.78, 5) is 23.7. The molecule has 0 atom stereocenters. The van der Waals surface area contributed by atoms with Crippen LogP contribution < -0.4 is 15.6 Å². The Balaban J connectivity index is 1.44. The summed E-state index contributed by atoms with van der Waals surface area (Å²) in [5.41, 5.74) is 7.53. The molecule has 0 fully saturated rings. The van der Waals surface area contributed by atoms with E-state index < -0.39 is 18.3 Å². The predicted octanol–water partition coefficient (Wildman–Crippen LogP) is 3.26. The molecule has 3 aromatic rings. The minimum atomic E-state index is -0.587. The molecule has 0 spiro atoms. The zero-order valence-corrected chi connectivity index (χ0v) is 15.0. The Bertz CT molecular complexity index is 944. The van der Waals surface area contributed by atoms with Gasteiger partial charge >= 0.3 is 0 Å². The molecule has 0 aliphatic heterocycles. The van der Waals surface area contributed by atoms with Crippen LogP contribution in [0.1, 0.15) is 5.56 Å². The van der Waals surface area contributed by atoms with Crippen molar-refractivity contribution in [2.45, 2.75) is 6.42 Å². The molecule has 0 saturated carbocycles. The van der Waals surface area contributed by atoms with E-state index in [4.69, 9.17) is 4.74 Å². The fourth-order valence-electron chi connectivity index (χ4n) is 2.56. The topological polar surface area (TPSA) is 67.4 Å². The van der Waals surface area contributed by atoms with Crippen LogP contribution in [-0.4, -0.2) is 18.4 Å². The fraction of sp³-hybridized carbons (Fsp3) is 0.0909. The van der Waals surface area contributed by atoms with E-state index in [1.165, 1.54) is 18.2 Å². The average molecular weight is 378 g/mol. The van der Waals surface area contributed by atoms with Crippen LogP contribution in [0.25, 0.3) is 11.1 Å². The second-order valence-corrected chi connectivity index (χ2v) is 6.06. The second-order valence-electron chi connectivity index (χ2n) is 6.06. The molecule has 3 aromatic carbocycles. The number of hydrogen-bond donors (Lipinski definition) is 2. The molecule has 0 radical (unpaired) electrons. The summed E-state index contributed by atoms with van der Waals surface area (Å²) in [5.74, 6) is -1.54. The molecule has 3 rings (SSSR count). The van der Waals surface area contributed by atoms with Gasteiger partial charge in [-0.3, -0.25) is 20.4 Å². The third-order valence-electron chi connectivity index (χ3n) is 3.96. The molecule has 0 aliphatic carbocycles. The average Bonchev–Trinajstić information content (AvgIpc) is 2.73. The van der Waals surface area contributed by atoms with Crippen LogP contribution in [0.3, 0.4) is 0 Å². The van der Waals surface area contributed by atoms with Crippen LogP contribution in [0.15, 0.2) is 78.9 Å². The third-order valence-corrected chi connectivity index (χ3v) is 3.96. The van der Waals surface area contributed by atoms with Gasteiger partial charge in [0.15, 0.2) is 18.2 Å². The minimum absolute atomic E-state index is 0.0255. The Morgan fingerprint density at radius 3 is 2.07 bits per heavy atom. The molecule has 0 saturated heterocycles. The number of ether oxygens (including phenoxy) is 1. The van der Waals surface area contributed by atoms with Crippen LogP contribution in [0.4, 0.5) is 4.39 Å². The number of rotatable bonds is 6. The molecule has 2 amide bonds. The summed E-state index contributed by atoms with van der Waals surface area (Å²) in [6.07, 6.45) is 0.115. The number of nitrogens with one attached hydrogen (secondary N) is 2. The number of hydrogen-bond acceptors (Lipinski definition) is 3. The largest absolute Gasteiger partial charge is 0.481 e. The summed E-state index contributed by atoms with van der Waals surface area (Å²) in [6.45, 7) is -0.410. The Morgan fingerprint density at radius 1 is 0.750 bits per heavy atom. The lowest BCUT2D eigenvalue weighted by Gasteiger charge is -2.09. The van der Waals surface area contributed by atoms with Gasteiger partial charge in [-0.25, -0.2) is 4.39 Å². The highest BCUT2D eigenvalue weighted by molar-refractivity contribution is 5.84. The van der Waals surface area contributed by atoms with Gasteiger partial charge in [0.05, 0.1) is 6.42 Å². The van der Waals surface area contributed by atoms with Crippen molar-refractivity contribution in [2.75, 3.05) is 6.61 Å². The van der Waals surface area contributed by atoms with Crippen LogP contribution in [0.2, 0.25) is 0 Å². The van der Waals surface area contributed by atoms with Crippen molar-refractivity contribution in [3.8, 4) is 16.9 Å². The lowest BCUT2D eigenvalue weighted by atomic mass is 10.0. The molecule has 0 aromatic heterocycles. The summed E-state index contributed by atoms with van der Waals surface area (Å²) < 4.78 is 18.5. The van der Waals surface area contributed by atoms with Gasteiger partial charge in [0, 0.05) is 0 Å². The van der Waals surface area contributed by atoms with Gasteiger partial charge in [-0.05, 0) is 28.8 Å². The van der Waals surface area contributed by atoms with E-state index in [1.807, 2.05) is 54.6 Å². The molecule has 142 valence electrons. The first-order valence-corrected chi connectivity index (χ1v) is 8.71. The van der Waals surface area contributed by atoms with Crippen LogP contribution >= 0.6 is 0 Å². The lowest BCUT2D eigenvalue weighted by Crippen LogP contribution is -2.44. The lowest BCUT2D eigenvalue weighted by molar-refractivity contribution is -0.129. The normalized spacial score (nSPS) is 10.2. The minimum Gasteiger partial charge on any atom is -0.481 e. The highest BCUT2D eigenvalue weighted by Gasteiger charge is 2.08. The van der Waals surface area contributed by atoms with E-state index in [9.17, 15) is 14.0 Å². The van der Waals surface area contributed by atoms with Crippen LogP contribution in [0, 0.1) is 5.82 Å². The summed E-state index contributed by atoms with van der Waals surface area (Å²) in [5, 5.41) is 0. The number of carbonyl (C=O) groups excluding carboxylic acids is 2. The molecule has 0 bridgehead atoms. The number of halogens is 1. The summed E-state index contributed by atoms with van der Waals surface area (Å²) in [7, 11) is 0. The number of hydrazine groups is 1. The van der Waals surface area contributed by atoms with Gasteiger partial charge < -0.3 is 4.74 Å². The van der Waals surface area contributed by atoms with Crippen molar-refractivity contribution in [2.24, 2.45) is 0 Å². The Labute approximate surface area is 162 Å². The van der Waals surface area contributed by atoms with E-state index in [0.717, 1.165) is 16.7 Å². The van der Waals surface area contributed by atoms with Crippen molar-refractivity contribution in [3.05, 3.63) is 90.2 Å². The van der Waals surface area contributed by atoms with Gasteiger partial charge in [0.25, 0.3) is 5.91 Å². The van der Waals surface area contributed by atoms with E-state index >= 15 is 0 Å². The molecule has 0 heterocycles. The molecule has 0 aliphatic rings. The fourth-order valence-corrected chi connectivity index (χ4v) is 2.56. The van der Waals surface area contributed by atoms with Crippen molar-refractivity contribution < 1.29 is 18.7 Å². The summed E-state index contributed by atoms with van der Waals surface area (Å²) >= 11 is 0. The van der Waals surface area contributed by atoms with Crippen molar-refractivity contribution in [3.63, 3.8) is 0 Å². The number of para-hydroxylation sites is 1. The molecule has 2 N–H and O–H groups in total. The van der Waals surface area contributed by atoms with E-state index in [1.54, 1.807) is 6.07 Å². The quantitative estimate of drug-likeness (QED) is 0.647. The van der Waals surface area contributed by atoms with Gasteiger partial charge in [-0.15, -0.1) is 0 Å². The third kappa shape index (κ3) is 5.41.